The largest absolute Gasteiger partial charge is 0.377 e. The number of nitrogens with zero attached hydrogens (tertiary/aromatic N) is 3. The predicted octanol–water partition coefficient (Wildman–Crippen LogP) is 2.71. The van der Waals surface area contributed by atoms with Crippen molar-refractivity contribution in [1.29, 1.82) is 0 Å². The summed E-state index contributed by atoms with van der Waals surface area (Å²) in [6.45, 7) is 9.37. The van der Waals surface area contributed by atoms with Gasteiger partial charge in [0.05, 0.1) is 17.1 Å². The summed E-state index contributed by atoms with van der Waals surface area (Å²) in [5.74, 6) is 2.58. The van der Waals surface area contributed by atoms with Gasteiger partial charge in [-0.05, 0) is 31.9 Å². The molecule has 1 saturated carbocycles. The van der Waals surface area contributed by atoms with E-state index in [-0.39, 0.29) is 5.41 Å². The molecule has 1 aliphatic carbocycles. The third kappa shape index (κ3) is 3.20. The molecule has 4 rings (SSSR count). The Morgan fingerprint density at radius 1 is 1.37 bits per heavy atom. The average molecular weight is 370 g/mol. The zero-order chi connectivity index (χ0) is 19.0. The van der Waals surface area contributed by atoms with Crippen LogP contribution in [0.25, 0.3) is 11.0 Å². The van der Waals surface area contributed by atoms with E-state index in [1.54, 1.807) is 0 Å². The molecule has 0 spiro atoms. The van der Waals surface area contributed by atoms with Crippen LogP contribution in [-0.4, -0.2) is 47.9 Å². The smallest absolute Gasteiger partial charge is 0.191 e. The predicted molar refractivity (Wildman–Crippen MR) is 109 cm³/mol. The molecule has 1 saturated heterocycles. The molecule has 2 heterocycles. The number of imidazole rings is 1. The van der Waals surface area contributed by atoms with Crippen LogP contribution in [0.15, 0.2) is 29.3 Å². The molecule has 1 aliphatic heterocycles. The summed E-state index contributed by atoms with van der Waals surface area (Å²) in [7, 11) is 1.84. The number of aliphatic imine (C=N–C) groups is 1. The van der Waals surface area contributed by atoms with Crippen molar-refractivity contribution in [2.24, 2.45) is 16.3 Å². The molecule has 0 amide bonds. The van der Waals surface area contributed by atoms with E-state index >= 15 is 0 Å². The highest BCUT2D eigenvalue weighted by Crippen LogP contribution is 2.52. The SMILES string of the molecule is CN=C(NCCCn1c(C)nc2ccccc21)NC1C2CCOC2C1(C)C. The Balaban J connectivity index is 1.30. The van der Waals surface area contributed by atoms with Crippen LogP contribution in [0.2, 0.25) is 0 Å². The summed E-state index contributed by atoms with van der Waals surface area (Å²) < 4.78 is 8.18. The van der Waals surface area contributed by atoms with Gasteiger partial charge < -0.3 is 19.9 Å². The molecule has 2 N–H and O–H groups in total. The summed E-state index contributed by atoms with van der Waals surface area (Å²) in [4.78, 5) is 9.07. The summed E-state index contributed by atoms with van der Waals surface area (Å²) in [5.41, 5.74) is 2.44. The van der Waals surface area contributed by atoms with Gasteiger partial charge in [-0.15, -0.1) is 0 Å². The van der Waals surface area contributed by atoms with Crippen LogP contribution in [0, 0.1) is 18.3 Å². The molecule has 6 heteroatoms. The van der Waals surface area contributed by atoms with Gasteiger partial charge in [0.25, 0.3) is 0 Å². The fraction of sp³-hybridized carbons (Fsp3) is 0.619. The number of hydrogen-bond donors (Lipinski definition) is 2. The average Bonchev–Trinajstić information content (AvgIpc) is 3.24. The molecule has 0 bridgehead atoms. The Labute approximate surface area is 161 Å². The quantitative estimate of drug-likeness (QED) is 0.483. The van der Waals surface area contributed by atoms with E-state index in [0.29, 0.717) is 18.1 Å². The van der Waals surface area contributed by atoms with Crippen molar-refractivity contribution in [2.45, 2.75) is 52.3 Å². The van der Waals surface area contributed by atoms with Crippen molar-refractivity contribution in [2.75, 3.05) is 20.2 Å². The highest BCUT2D eigenvalue weighted by molar-refractivity contribution is 5.80. The van der Waals surface area contributed by atoms with E-state index in [2.05, 4.69) is 64.1 Å². The molecule has 2 fully saturated rings. The molecule has 3 atom stereocenters. The molecule has 0 radical (unpaired) electrons. The summed E-state index contributed by atoms with van der Waals surface area (Å²) in [6, 6.07) is 8.75. The van der Waals surface area contributed by atoms with Crippen LogP contribution in [-0.2, 0) is 11.3 Å². The van der Waals surface area contributed by atoms with Crippen LogP contribution in [0.1, 0.15) is 32.5 Å². The van der Waals surface area contributed by atoms with Gasteiger partial charge in [-0.1, -0.05) is 26.0 Å². The molecule has 3 unspecified atom stereocenters. The number of aryl methyl sites for hydroxylation is 2. The minimum absolute atomic E-state index is 0.158. The van der Waals surface area contributed by atoms with E-state index in [1.165, 1.54) is 5.52 Å². The first kappa shape index (κ1) is 18.3. The van der Waals surface area contributed by atoms with E-state index in [1.807, 2.05) is 13.1 Å². The van der Waals surface area contributed by atoms with Crippen molar-refractivity contribution in [3.05, 3.63) is 30.1 Å². The minimum atomic E-state index is 0.158. The third-order valence-electron chi connectivity index (χ3n) is 6.31. The fourth-order valence-corrected chi connectivity index (χ4v) is 4.88. The first-order valence-electron chi connectivity index (χ1n) is 10.0. The number of aromatic nitrogens is 2. The number of para-hydroxylation sites is 2. The lowest BCUT2D eigenvalue weighted by atomic mass is 9.57. The number of rotatable bonds is 5. The van der Waals surface area contributed by atoms with Gasteiger partial charge >= 0.3 is 0 Å². The van der Waals surface area contributed by atoms with Crippen LogP contribution < -0.4 is 10.6 Å². The topological polar surface area (TPSA) is 63.5 Å². The number of ether oxygens (including phenoxy) is 1. The number of guanidine groups is 1. The van der Waals surface area contributed by atoms with Gasteiger partial charge in [0.2, 0.25) is 0 Å². The Hall–Kier alpha value is -2.08. The summed E-state index contributed by atoms with van der Waals surface area (Å²) in [5, 5.41) is 7.12. The third-order valence-corrected chi connectivity index (χ3v) is 6.31. The number of hydrogen-bond acceptors (Lipinski definition) is 3. The van der Waals surface area contributed by atoms with E-state index in [0.717, 1.165) is 49.8 Å². The Bertz CT molecular complexity index is 840. The minimum Gasteiger partial charge on any atom is -0.377 e. The van der Waals surface area contributed by atoms with Crippen LogP contribution in [0.3, 0.4) is 0 Å². The number of fused-ring (bicyclic) bond motifs is 2. The first-order chi connectivity index (χ1) is 13.0. The normalized spacial score (nSPS) is 26.7. The van der Waals surface area contributed by atoms with Crippen molar-refractivity contribution < 1.29 is 4.74 Å². The molecule has 1 aromatic heterocycles. The zero-order valence-corrected chi connectivity index (χ0v) is 16.8. The number of benzene rings is 1. The second-order valence-corrected chi connectivity index (χ2v) is 8.34. The summed E-state index contributed by atoms with van der Waals surface area (Å²) >= 11 is 0. The van der Waals surface area contributed by atoms with Crippen LogP contribution >= 0.6 is 0 Å². The maximum atomic E-state index is 5.89. The Morgan fingerprint density at radius 2 is 2.19 bits per heavy atom. The molecular formula is C21H31N5O. The van der Waals surface area contributed by atoms with E-state index in [4.69, 9.17) is 4.74 Å². The second-order valence-electron chi connectivity index (χ2n) is 8.34. The second kappa shape index (κ2) is 7.15. The molecule has 1 aromatic carbocycles. The van der Waals surface area contributed by atoms with Gasteiger partial charge in [-0.2, -0.15) is 0 Å². The van der Waals surface area contributed by atoms with Gasteiger partial charge in [-0.25, -0.2) is 4.98 Å². The lowest BCUT2D eigenvalue weighted by molar-refractivity contribution is -0.106. The van der Waals surface area contributed by atoms with E-state index < -0.39 is 0 Å². The molecule has 27 heavy (non-hydrogen) atoms. The maximum absolute atomic E-state index is 5.89. The monoisotopic (exact) mass is 369 g/mol. The van der Waals surface area contributed by atoms with Gasteiger partial charge in [0.1, 0.15) is 5.82 Å². The highest BCUT2D eigenvalue weighted by atomic mass is 16.5. The molecular weight excluding hydrogens is 338 g/mol. The molecule has 6 nitrogen and oxygen atoms in total. The van der Waals surface area contributed by atoms with Crippen LogP contribution in [0.4, 0.5) is 0 Å². The van der Waals surface area contributed by atoms with Crippen molar-refractivity contribution in [1.82, 2.24) is 20.2 Å². The molecule has 2 aromatic rings. The lowest BCUT2D eigenvalue weighted by Crippen LogP contribution is -2.68. The maximum Gasteiger partial charge on any atom is 0.191 e. The standard InChI is InChI=1S/C21H31N5O/c1-14-24-16-8-5-6-9-17(16)26(14)12-7-11-23-20(22-4)25-18-15-10-13-27-19(15)21(18,2)3/h5-6,8-9,15,18-19H,7,10-13H2,1-4H3,(H2,22,23,25). The lowest BCUT2D eigenvalue weighted by Gasteiger charge is -2.54. The van der Waals surface area contributed by atoms with Crippen molar-refractivity contribution in [3.63, 3.8) is 0 Å². The van der Waals surface area contributed by atoms with Crippen LogP contribution in [0.5, 0.6) is 0 Å². The zero-order valence-electron chi connectivity index (χ0n) is 16.8. The van der Waals surface area contributed by atoms with E-state index in [9.17, 15) is 0 Å². The van der Waals surface area contributed by atoms with Crippen molar-refractivity contribution >= 4 is 17.0 Å². The van der Waals surface area contributed by atoms with Gasteiger partial charge in [-0.3, -0.25) is 4.99 Å². The summed E-state index contributed by atoms with van der Waals surface area (Å²) in [6.07, 6.45) is 2.56. The highest BCUT2D eigenvalue weighted by Gasteiger charge is 2.59. The Kier molecular flexibility index (Phi) is 4.84. The molecule has 2 aliphatic rings. The van der Waals surface area contributed by atoms with Gasteiger partial charge in [0.15, 0.2) is 5.96 Å². The Morgan fingerprint density at radius 3 is 3.00 bits per heavy atom. The fourth-order valence-electron chi connectivity index (χ4n) is 4.88. The number of nitrogens with one attached hydrogen (secondary N) is 2. The van der Waals surface area contributed by atoms with Crippen molar-refractivity contribution in [3.8, 4) is 0 Å². The molecule has 146 valence electrons. The first-order valence-corrected chi connectivity index (χ1v) is 10.0. The van der Waals surface area contributed by atoms with Gasteiger partial charge in [0, 0.05) is 44.1 Å².